The molecule has 0 aromatic carbocycles. The Morgan fingerprint density at radius 3 is 1.78 bits per heavy atom. The highest BCUT2D eigenvalue weighted by atomic mass is 127. The van der Waals surface area contributed by atoms with E-state index in [4.69, 9.17) is 0 Å². The fourth-order valence-electron chi connectivity index (χ4n) is 27.1. The second kappa shape index (κ2) is 13.5. The van der Waals surface area contributed by atoms with Gasteiger partial charge in [0.25, 0.3) is 0 Å². The molecule has 362 valence electrons. The van der Waals surface area contributed by atoms with E-state index in [9.17, 15) is 0 Å². The van der Waals surface area contributed by atoms with Crippen LogP contribution >= 0.6 is 45.2 Å². The topological polar surface area (TPSA) is 0 Å². The van der Waals surface area contributed by atoms with E-state index in [0.717, 1.165) is 66.0 Å². The molecule has 0 amide bonds. The van der Waals surface area contributed by atoms with Crippen LogP contribution in [0, 0.1) is 105 Å². The van der Waals surface area contributed by atoms with Crippen molar-refractivity contribution in [1.82, 2.24) is 0 Å². The standard InChI is InChI=1S/C62H100I2/c1-13-53(12)59-34-54(14-2,35-59)23-17-22-51(10,64)21-15-18-43(4)46(63)19-16-20-48(7)26-49(8,27-48)24-42(3)25-50(9)28-57(45(50)6)32-55(33-57)30-56(31-55)36-61(37-56)29-52(11)44(5)47-58(40-62(47,52)61)38-60(53,39-58)41-59/h42-47H,13-41H2,1-12H3/t42?,43?,44-,45?,46?,47?,48?,49?,50?,51?,52?,53+,54?,55?,56?,57?,58?,59?,60?,61?,62?/m0/s1. The van der Waals surface area contributed by atoms with E-state index in [2.05, 4.69) is 128 Å². The fourth-order valence-corrected chi connectivity index (χ4v) is 28.7. The average Bonchev–Trinajstić information content (AvgIpc) is 3.11. The molecule has 9 unspecified atom stereocenters. The third-order valence-corrected chi connectivity index (χ3v) is 31.3. The molecule has 0 saturated heterocycles. The van der Waals surface area contributed by atoms with Crippen molar-refractivity contribution >= 4 is 45.2 Å². The van der Waals surface area contributed by atoms with Gasteiger partial charge in [-0.15, -0.1) is 0 Å². The molecule has 26 aliphatic carbocycles. The van der Waals surface area contributed by atoms with Gasteiger partial charge in [-0.2, -0.15) is 0 Å². The van der Waals surface area contributed by atoms with E-state index < -0.39 is 0 Å². The van der Waals surface area contributed by atoms with Crippen LogP contribution in [-0.2, 0) is 0 Å². The lowest BCUT2D eigenvalue weighted by Gasteiger charge is -3.00. The van der Waals surface area contributed by atoms with Gasteiger partial charge in [-0.05, 0) is 266 Å². The van der Waals surface area contributed by atoms with Gasteiger partial charge < -0.3 is 0 Å². The Morgan fingerprint density at radius 2 is 1.14 bits per heavy atom. The van der Waals surface area contributed by atoms with Gasteiger partial charge in [-0.25, -0.2) is 0 Å². The molecular weight excluding hydrogens is 998 g/mol. The highest BCUT2D eigenvalue weighted by molar-refractivity contribution is 14.1. The van der Waals surface area contributed by atoms with Gasteiger partial charge in [0.2, 0.25) is 0 Å². The molecule has 26 rings (SSSR count). The largest absolute Gasteiger partial charge is 0.0823 e. The molecule has 0 aromatic rings. The summed E-state index contributed by atoms with van der Waals surface area (Å²) in [5.74, 6) is 4.77. The predicted octanol–water partition coefficient (Wildman–Crippen LogP) is 19.6. The summed E-state index contributed by atoms with van der Waals surface area (Å²) in [4.78, 5) is 0. The lowest BCUT2D eigenvalue weighted by atomic mass is 9.04. The van der Waals surface area contributed by atoms with E-state index in [1.807, 2.05) is 0 Å². The molecule has 26 fully saturated rings. The second-order valence-corrected chi connectivity index (χ2v) is 36.8. The Morgan fingerprint density at radius 1 is 0.516 bits per heavy atom. The highest BCUT2D eigenvalue weighted by Gasteiger charge is 2.97. The molecule has 0 aromatic heterocycles. The van der Waals surface area contributed by atoms with Crippen molar-refractivity contribution in [3.05, 3.63) is 0 Å². The van der Waals surface area contributed by atoms with Crippen molar-refractivity contribution < 1.29 is 0 Å². The molecule has 0 N–H and O–H groups in total. The van der Waals surface area contributed by atoms with Crippen LogP contribution in [0.4, 0.5) is 0 Å². The Labute approximate surface area is 423 Å². The van der Waals surface area contributed by atoms with Crippen LogP contribution in [-0.4, -0.2) is 7.35 Å². The highest BCUT2D eigenvalue weighted by Crippen LogP contribution is 3.04. The molecule has 26 saturated carbocycles. The summed E-state index contributed by atoms with van der Waals surface area (Å²) in [6, 6.07) is 0. The van der Waals surface area contributed by atoms with Crippen LogP contribution < -0.4 is 0 Å². The summed E-state index contributed by atoms with van der Waals surface area (Å²) in [5.41, 5.74) is 9.68. The molecule has 8 spiro atoms. The van der Waals surface area contributed by atoms with Crippen LogP contribution in [0.25, 0.3) is 0 Å². The Kier molecular flexibility index (Phi) is 9.84. The van der Waals surface area contributed by atoms with Crippen molar-refractivity contribution in [2.75, 3.05) is 0 Å². The number of rotatable bonds is 2. The van der Waals surface area contributed by atoms with Gasteiger partial charge >= 0.3 is 0 Å². The van der Waals surface area contributed by atoms with Crippen LogP contribution in [0.5, 0.6) is 0 Å². The van der Waals surface area contributed by atoms with E-state index in [1.165, 1.54) is 96.3 Å². The monoisotopic (exact) mass is 1100 g/mol. The number of hydrogen-bond donors (Lipinski definition) is 0. The van der Waals surface area contributed by atoms with Crippen molar-refractivity contribution in [2.45, 2.75) is 277 Å². The van der Waals surface area contributed by atoms with Crippen molar-refractivity contribution in [3.63, 3.8) is 0 Å². The summed E-state index contributed by atoms with van der Waals surface area (Å²) in [5, 5.41) is 0. The summed E-state index contributed by atoms with van der Waals surface area (Å²) in [7, 11) is 0. The molecule has 0 heterocycles. The molecule has 12 bridgehead atoms. The maximum atomic E-state index is 2.90. The quantitative estimate of drug-likeness (QED) is 0.191. The summed E-state index contributed by atoms with van der Waals surface area (Å²) in [6.07, 6.45) is 44.6. The molecule has 0 radical (unpaired) electrons. The van der Waals surface area contributed by atoms with E-state index >= 15 is 0 Å². The van der Waals surface area contributed by atoms with Crippen LogP contribution in [0.2, 0.25) is 0 Å². The first kappa shape index (κ1) is 46.5. The van der Waals surface area contributed by atoms with E-state index in [1.54, 1.807) is 89.9 Å². The van der Waals surface area contributed by atoms with Gasteiger partial charge in [0, 0.05) is 7.35 Å². The van der Waals surface area contributed by atoms with Gasteiger partial charge in [-0.1, -0.05) is 154 Å². The minimum absolute atomic E-state index is 0.468. The third kappa shape index (κ3) is 5.64. The summed E-state index contributed by atoms with van der Waals surface area (Å²) in [6.45, 7) is 32.3. The molecule has 2 heteroatoms. The lowest BCUT2D eigenvalue weighted by molar-refractivity contribution is -0.521. The maximum Gasteiger partial charge on any atom is 0.0194 e. The minimum Gasteiger partial charge on any atom is -0.0823 e. The number of halogens is 2. The molecule has 0 aliphatic heterocycles. The van der Waals surface area contributed by atoms with Gasteiger partial charge in [0.1, 0.15) is 0 Å². The zero-order chi connectivity index (χ0) is 45.5. The first-order valence-electron chi connectivity index (χ1n) is 29.0. The molecular formula is C62H100I2. The van der Waals surface area contributed by atoms with Gasteiger partial charge in [0.05, 0.1) is 0 Å². The van der Waals surface area contributed by atoms with Crippen molar-refractivity contribution in [1.29, 1.82) is 0 Å². The average molecular weight is 1100 g/mol. The van der Waals surface area contributed by atoms with Gasteiger partial charge in [0.15, 0.2) is 0 Å². The summed E-state index contributed by atoms with van der Waals surface area (Å²) < 4.78 is 1.31. The Bertz CT molecular complexity index is 1890. The third-order valence-electron chi connectivity index (χ3n) is 28.4. The molecule has 0 nitrogen and oxygen atoms in total. The second-order valence-electron chi connectivity index (χ2n) is 32.6. The normalized spacial score (nSPS) is 66.3. The fraction of sp³-hybridized carbons (Fsp3) is 1.00. The zero-order valence-electron chi connectivity index (χ0n) is 44.2. The number of alkyl halides is 2. The van der Waals surface area contributed by atoms with Crippen LogP contribution in [0.3, 0.4) is 0 Å². The van der Waals surface area contributed by atoms with Crippen LogP contribution in [0.1, 0.15) is 269 Å². The van der Waals surface area contributed by atoms with Gasteiger partial charge in [-0.3, -0.25) is 0 Å². The number of hydrogen-bond acceptors (Lipinski definition) is 0. The Hall–Kier alpha value is 1.46. The minimum atomic E-state index is 0.468. The Balaban J connectivity index is 0.722. The van der Waals surface area contributed by atoms with Crippen molar-refractivity contribution in [3.8, 4) is 0 Å². The molecule has 11 atom stereocenters. The van der Waals surface area contributed by atoms with E-state index in [0.29, 0.717) is 46.7 Å². The van der Waals surface area contributed by atoms with Crippen molar-refractivity contribution in [2.24, 2.45) is 105 Å². The first-order valence-corrected chi connectivity index (χ1v) is 31.3. The van der Waals surface area contributed by atoms with Crippen LogP contribution in [0.15, 0.2) is 0 Å². The first-order chi connectivity index (χ1) is 29.7. The zero-order valence-corrected chi connectivity index (χ0v) is 48.5. The SMILES string of the molecule is CCC12CCCC(C)(I)CCCC(C)C(I)CCCC3(C)CC(C)(CC(C)CC4(C)CC5(CC6(CC7(C6)CC6(C7)CC7(C)[C@@H](C)C8C9(CC867)CC6(C9)CC(C1)(C2)[C@@]6(C)CC)C5)C4C)C3. The smallest absolute Gasteiger partial charge is 0.0194 e. The summed E-state index contributed by atoms with van der Waals surface area (Å²) >= 11 is 5.76. The molecule has 26 aliphatic rings. The lowest BCUT2D eigenvalue weighted by Crippen LogP contribution is -2.94. The maximum absolute atomic E-state index is 2.90. The van der Waals surface area contributed by atoms with E-state index in [-0.39, 0.29) is 0 Å². The predicted molar refractivity (Wildman–Crippen MR) is 288 cm³/mol. The molecule has 64 heavy (non-hydrogen) atoms.